The number of esters is 1. The topological polar surface area (TPSA) is 146 Å². The lowest BCUT2D eigenvalue weighted by atomic mass is 10.1. The monoisotopic (exact) mass is 387 g/mol. The summed E-state index contributed by atoms with van der Waals surface area (Å²) in [6, 6.07) is -0.409. The van der Waals surface area contributed by atoms with Gasteiger partial charge >= 0.3 is 11.7 Å². The van der Waals surface area contributed by atoms with Crippen molar-refractivity contribution in [3.63, 3.8) is 0 Å². The highest BCUT2D eigenvalue weighted by molar-refractivity contribution is 7.91. The highest BCUT2D eigenvalue weighted by Crippen LogP contribution is 2.16. The van der Waals surface area contributed by atoms with Crippen LogP contribution in [0.15, 0.2) is 9.59 Å². The molecule has 11 heteroatoms. The molecule has 1 atom stereocenters. The summed E-state index contributed by atoms with van der Waals surface area (Å²) < 4.78 is 27.8. The molecule has 0 bridgehead atoms. The van der Waals surface area contributed by atoms with Crippen molar-refractivity contribution in [2.24, 2.45) is 0 Å². The summed E-state index contributed by atoms with van der Waals surface area (Å²) in [5.41, 5.74) is -0.565. The molecule has 2 heterocycles. The van der Waals surface area contributed by atoms with Gasteiger partial charge in [-0.3, -0.25) is 19.4 Å². The first kappa shape index (κ1) is 19.9. The van der Waals surface area contributed by atoms with Crippen LogP contribution in [-0.2, 0) is 30.6 Å². The normalized spacial score (nSPS) is 18.5. The molecule has 1 unspecified atom stereocenters. The molecule has 0 spiro atoms. The second-order valence-corrected chi connectivity index (χ2v) is 8.46. The number of H-pyrrole nitrogens is 2. The zero-order valence-corrected chi connectivity index (χ0v) is 15.3. The fraction of sp³-hybridized carbons (Fsp3) is 0.600. The number of ether oxygens (including phenoxy) is 1. The van der Waals surface area contributed by atoms with Crippen LogP contribution in [0.25, 0.3) is 0 Å². The first-order valence-electron chi connectivity index (χ1n) is 8.03. The van der Waals surface area contributed by atoms with E-state index in [2.05, 4.69) is 9.97 Å². The molecule has 1 aliphatic rings. The van der Waals surface area contributed by atoms with Crippen LogP contribution in [0.5, 0.6) is 0 Å². The van der Waals surface area contributed by atoms with Crippen LogP contribution < -0.4 is 11.2 Å². The molecule has 1 saturated heterocycles. The molecule has 26 heavy (non-hydrogen) atoms. The molecule has 0 radical (unpaired) electrons. The van der Waals surface area contributed by atoms with E-state index in [0.29, 0.717) is 12.1 Å². The Morgan fingerprint density at radius 2 is 1.96 bits per heavy atom. The summed E-state index contributed by atoms with van der Waals surface area (Å²) in [5, 5.41) is 0. The number of carbonyl (C=O) groups is 2. The third-order valence-electron chi connectivity index (χ3n) is 4.34. The molecular formula is C15H21N3O7S. The van der Waals surface area contributed by atoms with E-state index >= 15 is 0 Å². The van der Waals surface area contributed by atoms with Crippen molar-refractivity contribution >= 4 is 21.7 Å². The highest BCUT2D eigenvalue weighted by atomic mass is 32.2. The Hall–Kier alpha value is -2.43. The lowest BCUT2D eigenvalue weighted by Crippen LogP contribution is -2.40. The number of likely N-dealkylation sites (N-methyl/N-ethyl adjacent to an activating group) is 1. The Bertz CT molecular complexity index is 916. The first-order chi connectivity index (χ1) is 12.1. The SMILES string of the molecule is Cc1[nH]c(=O)[nH]c(=O)c1CCC(=O)OCC(=O)N(C)C1CCS(=O)(=O)C1. The van der Waals surface area contributed by atoms with Crippen LogP contribution in [0.4, 0.5) is 0 Å². The van der Waals surface area contributed by atoms with Gasteiger partial charge in [-0.15, -0.1) is 0 Å². The van der Waals surface area contributed by atoms with Gasteiger partial charge < -0.3 is 14.6 Å². The van der Waals surface area contributed by atoms with Gasteiger partial charge in [-0.25, -0.2) is 13.2 Å². The molecule has 10 nitrogen and oxygen atoms in total. The van der Waals surface area contributed by atoms with Crippen LogP contribution in [-0.4, -0.2) is 66.4 Å². The fourth-order valence-corrected chi connectivity index (χ4v) is 4.53. The Balaban J connectivity index is 1.83. The summed E-state index contributed by atoms with van der Waals surface area (Å²) in [5.74, 6) is -1.20. The maximum absolute atomic E-state index is 12.0. The third kappa shape index (κ3) is 5.04. The molecule has 2 rings (SSSR count). The number of aryl methyl sites for hydroxylation is 1. The number of sulfone groups is 1. The van der Waals surface area contributed by atoms with E-state index in [1.165, 1.54) is 11.9 Å². The van der Waals surface area contributed by atoms with E-state index in [0.717, 1.165) is 0 Å². The lowest BCUT2D eigenvalue weighted by molar-refractivity contribution is -0.152. The summed E-state index contributed by atoms with van der Waals surface area (Å²) in [6.07, 6.45) is 0.291. The quantitative estimate of drug-likeness (QED) is 0.564. The van der Waals surface area contributed by atoms with Crippen molar-refractivity contribution in [1.29, 1.82) is 0 Å². The zero-order chi connectivity index (χ0) is 19.5. The molecule has 0 saturated carbocycles. The Labute approximate surface area is 149 Å². The molecule has 1 aliphatic heterocycles. The minimum absolute atomic E-state index is 0.0438. The largest absolute Gasteiger partial charge is 0.456 e. The summed E-state index contributed by atoms with van der Waals surface area (Å²) in [4.78, 5) is 52.4. The molecule has 1 amide bonds. The minimum Gasteiger partial charge on any atom is -0.456 e. The third-order valence-corrected chi connectivity index (χ3v) is 6.09. The van der Waals surface area contributed by atoms with E-state index in [9.17, 15) is 27.6 Å². The van der Waals surface area contributed by atoms with Gasteiger partial charge in [0.25, 0.3) is 11.5 Å². The van der Waals surface area contributed by atoms with Gasteiger partial charge in [0.2, 0.25) is 0 Å². The van der Waals surface area contributed by atoms with Crippen LogP contribution in [0.2, 0.25) is 0 Å². The first-order valence-corrected chi connectivity index (χ1v) is 9.85. The number of amides is 1. The molecule has 0 aliphatic carbocycles. The number of aromatic nitrogens is 2. The van der Waals surface area contributed by atoms with Crippen molar-refractivity contribution in [1.82, 2.24) is 14.9 Å². The van der Waals surface area contributed by atoms with Gasteiger partial charge in [-0.2, -0.15) is 0 Å². The van der Waals surface area contributed by atoms with Gasteiger partial charge in [0, 0.05) is 30.8 Å². The number of nitrogens with one attached hydrogen (secondary N) is 2. The lowest BCUT2D eigenvalue weighted by Gasteiger charge is -2.23. The summed E-state index contributed by atoms with van der Waals surface area (Å²) in [7, 11) is -1.64. The standard InChI is InChI=1S/C15H21N3O7S/c1-9-11(14(21)17-15(22)16-9)3-4-13(20)25-7-12(19)18(2)10-5-6-26(23,24)8-10/h10H,3-8H2,1-2H3,(H2,16,17,21,22). The van der Waals surface area contributed by atoms with Crippen molar-refractivity contribution in [3.05, 3.63) is 32.1 Å². The van der Waals surface area contributed by atoms with Crippen LogP contribution in [0, 0.1) is 6.92 Å². The predicted molar refractivity (Wildman–Crippen MR) is 91.5 cm³/mol. The minimum atomic E-state index is -3.12. The van der Waals surface area contributed by atoms with Gasteiger partial charge in [0.05, 0.1) is 11.5 Å². The number of carbonyl (C=O) groups excluding carboxylic acids is 2. The highest BCUT2D eigenvalue weighted by Gasteiger charge is 2.32. The van der Waals surface area contributed by atoms with Crippen LogP contribution >= 0.6 is 0 Å². The van der Waals surface area contributed by atoms with E-state index in [1.54, 1.807) is 6.92 Å². The smallest absolute Gasteiger partial charge is 0.325 e. The molecule has 1 fully saturated rings. The number of aromatic amines is 2. The summed E-state index contributed by atoms with van der Waals surface area (Å²) >= 11 is 0. The number of nitrogens with zero attached hydrogens (tertiary/aromatic N) is 1. The number of rotatable bonds is 6. The molecule has 1 aromatic rings. The predicted octanol–water partition coefficient (Wildman–Crippen LogP) is -1.51. The molecule has 1 aromatic heterocycles. The Morgan fingerprint density at radius 3 is 2.54 bits per heavy atom. The maximum Gasteiger partial charge on any atom is 0.325 e. The second kappa shape index (κ2) is 7.85. The van der Waals surface area contributed by atoms with Crippen molar-refractivity contribution in [3.8, 4) is 0 Å². The maximum atomic E-state index is 12.0. The fourth-order valence-electron chi connectivity index (χ4n) is 2.75. The van der Waals surface area contributed by atoms with Crippen molar-refractivity contribution < 1.29 is 22.7 Å². The van der Waals surface area contributed by atoms with E-state index in [-0.39, 0.29) is 29.9 Å². The Morgan fingerprint density at radius 1 is 1.27 bits per heavy atom. The van der Waals surface area contributed by atoms with Gasteiger partial charge in [-0.05, 0) is 19.8 Å². The average molecular weight is 387 g/mol. The molecule has 144 valence electrons. The van der Waals surface area contributed by atoms with Crippen LogP contribution in [0.1, 0.15) is 24.1 Å². The zero-order valence-electron chi connectivity index (χ0n) is 14.5. The van der Waals surface area contributed by atoms with Crippen LogP contribution in [0.3, 0.4) is 0 Å². The summed E-state index contributed by atoms with van der Waals surface area (Å²) in [6.45, 7) is 1.05. The second-order valence-electron chi connectivity index (χ2n) is 6.23. The molecule has 2 N–H and O–H groups in total. The van der Waals surface area contributed by atoms with Gasteiger partial charge in [-0.1, -0.05) is 0 Å². The number of hydrogen-bond acceptors (Lipinski definition) is 7. The Kier molecular flexibility index (Phi) is 6.01. The molecular weight excluding hydrogens is 366 g/mol. The van der Waals surface area contributed by atoms with E-state index in [4.69, 9.17) is 4.74 Å². The van der Waals surface area contributed by atoms with E-state index in [1.807, 2.05) is 0 Å². The van der Waals surface area contributed by atoms with Crippen molar-refractivity contribution in [2.75, 3.05) is 25.2 Å². The van der Waals surface area contributed by atoms with Crippen molar-refractivity contribution in [2.45, 2.75) is 32.2 Å². The molecule has 0 aromatic carbocycles. The van der Waals surface area contributed by atoms with Gasteiger partial charge in [0.15, 0.2) is 16.4 Å². The number of hydrogen-bond donors (Lipinski definition) is 2. The average Bonchev–Trinajstić information content (AvgIpc) is 2.90. The van der Waals surface area contributed by atoms with E-state index < -0.39 is 45.6 Å². The van der Waals surface area contributed by atoms with Gasteiger partial charge in [0.1, 0.15) is 0 Å².